The second kappa shape index (κ2) is 8.17. The molecule has 3 aromatic rings. The van der Waals surface area contributed by atoms with E-state index in [0.717, 1.165) is 16.8 Å². The van der Waals surface area contributed by atoms with Gasteiger partial charge >= 0.3 is 0 Å². The zero-order chi connectivity index (χ0) is 20.1. The lowest BCUT2D eigenvalue weighted by Gasteiger charge is -2.09. The monoisotopic (exact) mass is 379 g/mol. The zero-order valence-electron chi connectivity index (χ0n) is 15.0. The Labute approximate surface area is 160 Å². The van der Waals surface area contributed by atoms with Gasteiger partial charge in [0.05, 0.1) is 11.1 Å². The summed E-state index contributed by atoms with van der Waals surface area (Å²) in [6.45, 7) is 1.14. The minimum atomic E-state index is -0.589. The molecular weight excluding hydrogens is 362 g/mol. The number of anilines is 1. The van der Waals surface area contributed by atoms with Crippen LogP contribution in [0.4, 0.5) is 11.4 Å². The predicted molar refractivity (Wildman–Crippen MR) is 104 cm³/mol. The molecule has 8 nitrogen and oxygen atoms in total. The molecule has 0 unspecified atom stereocenters. The molecule has 1 heterocycles. The van der Waals surface area contributed by atoms with Crippen LogP contribution >= 0.6 is 0 Å². The van der Waals surface area contributed by atoms with Gasteiger partial charge in [-0.2, -0.15) is 0 Å². The smallest absolute Gasteiger partial charge is 0.288 e. The average molecular weight is 379 g/mol. The number of carbonyl (C=O) groups is 1. The number of hydrogen-bond acceptors (Lipinski definition) is 5. The number of nitro groups is 1. The molecule has 0 saturated heterocycles. The van der Waals surface area contributed by atoms with E-state index in [1.54, 1.807) is 24.3 Å². The molecule has 8 heteroatoms. The molecule has 0 atom stereocenters. The fraction of sp³-hybridized carbons (Fsp3) is 0.100. The van der Waals surface area contributed by atoms with Gasteiger partial charge < -0.3 is 10.1 Å². The highest BCUT2D eigenvalue weighted by molar-refractivity contribution is 5.90. The van der Waals surface area contributed by atoms with Gasteiger partial charge in [0.2, 0.25) is 5.91 Å². The molecule has 0 fully saturated rings. The molecule has 0 aliphatic heterocycles. The van der Waals surface area contributed by atoms with Crippen molar-refractivity contribution in [3.8, 4) is 11.5 Å². The quantitative estimate of drug-likeness (QED) is 0.521. The van der Waals surface area contributed by atoms with Crippen molar-refractivity contribution in [3.63, 3.8) is 0 Å². The molecule has 28 heavy (non-hydrogen) atoms. The van der Waals surface area contributed by atoms with Crippen molar-refractivity contribution in [1.82, 2.24) is 4.57 Å². The Morgan fingerprint density at radius 3 is 2.39 bits per heavy atom. The van der Waals surface area contributed by atoms with Crippen molar-refractivity contribution in [2.75, 3.05) is 5.32 Å². The molecule has 0 aliphatic carbocycles. The predicted octanol–water partition coefficient (Wildman–Crippen LogP) is 3.50. The molecule has 1 amide bonds. The van der Waals surface area contributed by atoms with Crippen LogP contribution in [0.3, 0.4) is 0 Å². The third-order valence-electron chi connectivity index (χ3n) is 3.93. The molecular formula is C20H17N3O5. The highest BCUT2D eigenvalue weighted by Crippen LogP contribution is 2.22. The van der Waals surface area contributed by atoms with Gasteiger partial charge in [0.1, 0.15) is 18.0 Å². The number of hydrogen-bond donors (Lipinski definition) is 1. The number of benzene rings is 2. The number of rotatable bonds is 6. The van der Waals surface area contributed by atoms with Crippen molar-refractivity contribution in [3.05, 3.63) is 92.9 Å². The molecule has 1 N–H and O–H groups in total. The van der Waals surface area contributed by atoms with Crippen LogP contribution in [0.2, 0.25) is 0 Å². The van der Waals surface area contributed by atoms with E-state index >= 15 is 0 Å². The van der Waals surface area contributed by atoms with Crippen molar-refractivity contribution >= 4 is 17.3 Å². The highest BCUT2D eigenvalue weighted by Gasteiger charge is 2.15. The van der Waals surface area contributed by atoms with Crippen molar-refractivity contribution < 1.29 is 14.5 Å². The molecule has 0 radical (unpaired) electrons. The van der Waals surface area contributed by atoms with Crippen LogP contribution in [0, 0.1) is 17.0 Å². The van der Waals surface area contributed by atoms with Crippen LogP contribution in [0.5, 0.6) is 11.5 Å². The summed E-state index contributed by atoms with van der Waals surface area (Å²) in [5, 5.41) is 13.7. The second-order valence-corrected chi connectivity index (χ2v) is 6.05. The molecule has 0 spiro atoms. The number of aromatic nitrogens is 1. The second-order valence-electron chi connectivity index (χ2n) is 6.05. The van der Waals surface area contributed by atoms with E-state index in [2.05, 4.69) is 5.32 Å². The van der Waals surface area contributed by atoms with Crippen molar-refractivity contribution in [1.29, 1.82) is 0 Å². The Bertz CT molecular complexity index is 1060. The van der Waals surface area contributed by atoms with E-state index in [1.165, 1.54) is 6.92 Å². The van der Waals surface area contributed by atoms with Crippen molar-refractivity contribution in [2.24, 2.45) is 0 Å². The maximum absolute atomic E-state index is 12.2. The third kappa shape index (κ3) is 4.61. The van der Waals surface area contributed by atoms with Gasteiger partial charge in [-0.3, -0.25) is 24.3 Å². The molecule has 2 aromatic carbocycles. The molecule has 0 aliphatic rings. The summed E-state index contributed by atoms with van der Waals surface area (Å²) in [6, 6.07) is 17.1. The van der Waals surface area contributed by atoms with Crippen molar-refractivity contribution in [2.45, 2.75) is 13.5 Å². The summed E-state index contributed by atoms with van der Waals surface area (Å²) in [6.07, 6.45) is 1.08. The zero-order valence-corrected chi connectivity index (χ0v) is 15.0. The first-order valence-electron chi connectivity index (χ1n) is 8.40. The van der Waals surface area contributed by atoms with Crippen LogP contribution in [-0.2, 0) is 11.3 Å². The van der Waals surface area contributed by atoms with E-state index < -0.39 is 16.4 Å². The Morgan fingerprint density at radius 2 is 1.75 bits per heavy atom. The van der Waals surface area contributed by atoms with E-state index in [0.29, 0.717) is 17.2 Å². The first-order valence-corrected chi connectivity index (χ1v) is 8.40. The lowest BCUT2D eigenvalue weighted by Crippen LogP contribution is -2.27. The molecule has 1 aromatic heterocycles. The van der Waals surface area contributed by atoms with E-state index in [1.807, 2.05) is 30.3 Å². The number of para-hydroxylation sites is 1. The SMILES string of the molecule is Cc1cc(=O)n(CC(=O)Nc2ccc(Oc3ccccc3)cc2)cc1[N+](=O)[O-]. The fourth-order valence-corrected chi connectivity index (χ4v) is 2.56. The molecule has 142 valence electrons. The summed E-state index contributed by atoms with van der Waals surface area (Å²) in [4.78, 5) is 34.6. The number of nitrogens with zero attached hydrogens (tertiary/aromatic N) is 2. The first kappa shape index (κ1) is 18.8. The Hall–Kier alpha value is -3.94. The summed E-state index contributed by atoms with van der Waals surface area (Å²) >= 11 is 0. The number of aryl methyl sites for hydroxylation is 1. The number of amides is 1. The minimum absolute atomic E-state index is 0.213. The average Bonchev–Trinajstić information content (AvgIpc) is 2.66. The summed E-state index contributed by atoms with van der Waals surface area (Å²) < 4.78 is 6.68. The molecule has 0 bridgehead atoms. The Balaban J connectivity index is 1.66. The van der Waals surface area contributed by atoms with Gasteiger partial charge in [0, 0.05) is 17.3 Å². The van der Waals surface area contributed by atoms with Gasteiger partial charge in [-0.25, -0.2) is 0 Å². The minimum Gasteiger partial charge on any atom is -0.457 e. The third-order valence-corrected chi connectivity index (χ3v) is 3.93. The van der Waals surface area contributed by atoms with E-state index in [9.17, 15) is 19.7 Å². The number of pyridine rings is 1. The summed E-state index contributed by atoms with van der Waals surface area (Å²) in [5.74, 6) is 0.825. The van der Waals surface area contributed by atoms with Gasteiger partial charge in [-0.1, -0.05) is 18.2 Å². The van der Waals surface area contributed by atoms with Crippen LogP contribution < -0.4 is 15.6 Å². The number of ether oxygens (including phenoxy) is 1. The maximum Gasteiger partial charge on any atom is 0.288 e. The number of carbonyl (C=O) groups excluding carboxylic acids is 1. The van der Waals surface area contributed by atoms with E-state index in [4.69, 9.17) is 4.74 Å². The maximum atomic E-state index is 12.2. The Kier molecular flexibility index (Phi) is 5.50. The van der Waals surface area contributed by atoms with E-state index in [-0.39, 0.29) is 17.8 Å². The van der Waals surface area contributed by atoms with Crippen LogP contribution in [-0.4, -0.2) is 15.4 Å². The Morgan fingerprint density at radius 1 is 1.11 bits per heavy atom. The van der Waals surface area contributed by atoms with Gasteiger partial charge in [0.15, 0.2) is 0 Å². The van der Waals surface area contributed by atoms with Gasteiger partial charge in [-0.05, 0) is 43.3 Å². The largest absolute Gasteiger partial charge is 0.457 e. The van der Waals surface area contributed by atoms with Gasteiger partial charge in [-0.15, -0.1) is 0 Å². The van der Waals surface area contributed by atoms with Crippen LogP contribution in [0.1, 0.15) is 5.56 Å². The highest BCUT2D eigenvalue weighted by atomic mass is 16.6. The lowest BCUT2D eigenvalue weighted by atomic mass is 10.2. The van der Waals surface area contributed by atoms with Crippen LogP contribution in [0.15, 0.2) is 71.7 Å². The summed E-state index contributed by atoms with van der Waals surface area (Å²) in [5.41, 5.74) is 0.0698. The van der Waals surface area contributed by atoms with Gasteiger partial charge in [0.25, 0.3) is 11.2 Å². The first-order chi connectivity index (χ1) is 13.4. The molecule has 0 saturated carbocycles. The fourth-order valence-electron chi connectivity index (χ4n) is 2.56. The summed E-state index contributed by atoms with van der Waals surface area (Å²) in [7, 11) is 0. The standard InChI is InChI=1S/C20H17N3O5/c1-14-11-20(25)22(12-18(14)23(26)27)13-19(24)21-15-7-9-17(10-8-15)28-16-5-3-2-4-6-16/h2-12H,13H2,1H3,(H,21,24). The lowest BCUT2D eigenvalue weighted by molar-refractivity contribution is -0.385. The molecule has 3 rings (SSSR count). The topological polar surface area (TPSA) is 103 Å². The normalized spacial score (nSPS) is 10.3. The number of nitrogens with one attached hydrogen (secondary N) is 1. The van der Waals surface area contributed by atoms with Crippen LogP contribution in [0.25, 0.3) is 0 Å².